The number of aliphatic hydroxyl groups is 1. The van der Waals surface area contributed by atoms with Crippen molar-refractivity contribution in [3.8, 4) is 6.07 Å². The monoisotopic (exact) mass is 164 g/mol. The van der Waals surface area contributed by atoms with Gasteiger partial charge in [0.25, 0.3) is 0 Å². The number of hydrogen-bond donors (Lipinski definition) is 1. The summed E-state index contributed by atoms with van der Waals surface area (Å²) in [6.07, 6.45) is 3.12. The molecule has 3 nitrogen and oxygen atoms in total. The molecule has 0 aromatic carbocycles. The van der Waals surface area contributed by atoms with Crippen molar-refractivity contribution in [1.29, 1.82) is 5.26 Å². The minimum Gasteiger partial charge on any atom is -0.396 e. The smallest absolute Gasteiger partial charge is 0.0754 e. The Morgan fingerprint density at radius 3 is 3.08 bits per heavy atom. The molecule has 0 radical (unpaired) electrons. The predicted molar refractivity (Wildman–Crippen MR) is 45.5 cm³/mol. The molecule has 3 heteroatoms. The van der Waals surface area contributed by atoms with E-state index in [1.807, 2.05) is 22.9 Å². The van der Waals surface area contributed by atoms with E-state index < -0.39 is 0 Å². The Morgan fingerprint density at radius 2 is 2.42 bits per heavy atom. The number of rotatable bonds is 4. The van der Waals surface area contributed by atoms with Crippen molar-refractivity contribution in [2.75, 3.05) is 6.61 Å². The van der Waals surface area contributed by atoms with Crippen molar-refractivity contribution in [3.63, 3.8) is 0 Å². The first-order valence-electron chi connectivity index (χ1n) is 4.00. The molecule has 1 N–H and O–H groups in total. The minimum absolute atomic E-state index is 0.199. The molecule has 1 heterocycles. The molecular formula is C9H12N2O. The van der Waals surface area contributed by atoms with Crippen LogP contribution in [0.4, 0.5) is 0 Å². The van der Waals surface area contributed by atoms with Crippen molar-refractivity contribution < 1.29 is 5.11 Å². The highest BCUT2D eigenvalue weighted by atomic mass is 16.3. The van der Waals surface area contributed by atoms with E-state index in [1.54, 1.807) is 0 Å². The molecule has 1 rings (SSSR count). The Hall–Kier alpha value is -1.27. The number of aliphatic hydroxyl groups excluding tert-OH is 1. The van der Waals surface area contributed by atoms with Crippen LogP contribution in [0.25, 0.3) is 0 Å². The highest BCUT2D eigenvalue weighted by Crippen LogP contribution is 2.03. The van der Waals surface area contributed by atoms with E-state index in [9.17, 15) is 0 Å². The second-order valence-electron chi connectivity index (χ2n) is 2.60. The van der Waals surface area contributed by atoms with Crippen LogP contribution < -0.4 is 0 Å². The SMILES string of the molecule is N#CCc1cccn1CCCO. The van der Waals surface area contributed by atoms with Gasteiger partial charge < -0.3 is 9.67 Å². The highest BCUT2D eigenvalue weighted by molar-refractivity contribution is 5.11. The van der Waals surface area contributed by atoms with Crippen LogP contribution in [0.3, 0.4) is 0 Å². The molecule has 0 aliphatic heterocycles. The number of hydrogen-bond acceptors (Lipinski definition) is 2. The lowest BCUT2D eigenvalue weighted by Gasteiger charge is -2.04. The number of aryl methyl sites for hydroxylation is 1. The van der Waals surface area contributed by atoms with Crippen molar-refractivity contribution in [2.45, 2.75) is 19.4 Å². The van der Waals surface area contributed by atoms with Gasteiger partial charge in [0, 0.05) is 25.0 Å². The van der Waals surface area contributed by atoms with Gasteiger partial charge in [-0.25, -0.2) is 0 Å². The van der Waals surface area contributed by atoms with Gasteiger partial charge in [0.05, 0.1) is 12.5 Å². The maximum atomic E-state index is 8.61. The van der Waals surface area contributed by atoms with Crippen LogP contribution in [-0.4, -0.2) is 16.3 Å². The Bertz CT molecular complexity index is 272. The molecule has 1 aromatic rings. The van der Waals surface area contributed by atoms with E-state index in [0.717, 1.165) is 18.7 Å². The van der Waals surface area contributed by atoms with Crippen LogP contribution in [0.5, 0.6) is 0 Å². The average Bonchev–Trinajstić information content (AvgIpc) is 2.50. The highest BCUT2D eigenvalue weighted by Gasteiger charge is 1.98. The van der Waals surface area contributed by atoms with E-state index in [1.165, 1.54) is 0 Å². The summed E-state index contributed by atoms with van der Waals surface area (Å²) in [5.41, 5.74) is 1.02. The lowest BCUT2D eigenvalue weighted by molar-refractivity contribution is 0.279. The second kappa shape index (κ2) is 4.58. The molecule has 12 heavy (non-hydrogen) atoms. The van der Waals surface area contributed by atoms with Gasteiger partial charge in [0.1, 0.15) is 0 Å². The van der Waals surface area contributed by atoms with Gasteiger partial charge in [-0.15, -0.1) is 0 Å². The van der Waals surface area contributed by atoms with Gasteiger partial charge in [0.2, 0.25) is 0 Å². The fraction of sp³-hybridized carbons (Fsp3) is 0.444. The summed E-state index contributed by atoms with van der Waals surface area (Å²) in [6, 6.07) is 5.96. The summed E-state index contributed by atoms with van der Waals surface area (Å²) in [5, 5.41) is 17.1. The summed E-state index contributed by atoms with van der Waals surface area (Å²) in [4.78, 5) is 0. The third kappa shape index (κ3) is 2.11. The van der Waals surface area contributed by atoms with Gasteiger partial charge >= 0.3 is 0 Å². The fourth-order valence-corrected chi connectivity index (χ4v) is 1.15. The van der Waals surface area contributed by atoms with Gasteiger partial charge in [-0.1, -0.05) is 0 Å². The van der Waals surface area contributed by atoms with Gasteiger partial charge in [0.15, 0.2) is 0 Å². The zero-order valence-corrected chi connectivity index (χ0v) is 6.90. The fourth-order valence-electron chi connectivity index (χ4n) is 1.15. The molecule has 0 amide bonds. The van der Waals surface area contributed by atoms with Crippen molar-refractivity contribution >= 4 is 0 Å². The predicted octanol–water partition coefficient (Wildman–Crippen LogP) is 0.937. The summed E-state index contributed by atoms with van der Waals surface area (Å²) in [6.45, 7) is 0.991. The molecule has 0 unspecified atom stereocenters. The standard InChI is InChI=1S/C9H12N2O/c10-5-4-9-3-1-6-11(9)7-2-8-12/h1,3,6,12H,2,4,7-8H2. The summed E-state index contributed by atoms with van der Waals surface area (Å²) in [7, 11) is 0. The first kappa shape index (κ1) is 8.82. The molecule has 0 aliphatic carbocycles. The molecule has 0 bridgehead atoms. The van der Waals surface area contributed by atoms with Crippen LogP contribution >= 0.6 is 0 Å². The second-order valence-corrected chi connectivity index (χ2v) is 2.60. The first-order valence-corrected chi connectivity index (χ1v) is 4.00. The molecule has 0 saturated heterocycles. The third-order valence-electron chi connectivity index (χ3n) is 1.74. The molecule has 0 fully saturated rings. The molecule has 0 aliphatic rings. The lowest BCUT2D eigenvalue weighted by Crippen LogP contribution is -2.02. The van der Waals surface area contributed by atoms with Gasteiger partial charge in [-0.05, 0) is 18.6 Å². The van der Waals surface area contributed by atoms with Gasteiger partial charge in [-0.3, -0.25) is 0 Å². The normalized spacial score (nSPS) is 9.67. The van der Waals surface area contributed by atoms with E-state index in [2.05, 4.69) is 6.07 Å². The Morgan fingerprint density at radius 1 is 1.58 bits per heavy atom. The largest absolute Gasteiger partial charge is 0.396 e. The van der Waals surface area contributed by atoms with E-state index in [0.29, 0.717) is 6.42 Å². The van der Waals surface area contributed by atoms with Crippen molar-refractivity contribution in [2.24, 2.45) is 0 Å². The van der Waals surface area contributed by atoms with Crippen molar-refractivity contribution in [1.82, 2.24) is 4.57 Å². The number of aromatic nitrogens is 1. The summed E-state index contributed by atoms with van der Waals surface area (Å²) >= 11 is 0. The van der Waals surface area contributed by atoms with Gasteiger partial charge in [-0.2, -0.15) is 5.26 Å². The molecule has 64 valence electrons. The summed E-state index contributed by atoms with van der Waals surface area (Å²) in [5.74, 6) is 0. The molecule has 0 saturated carbocycles. The van der Waals surface area contributed by atoms with E-state index in [-0.39, 0.29) is 6.61 Å². The zero-order chi connectivity index (χ0) is 8.81. The summed E-state index contributed by atoms with van der Waals surface area (Å²) < 4.78 is 2.00. The maximum Gasteiger partial charge on any atom is 0.0754 e. The molecule has 0 spiro atoms. The minimum atomic E-state index is 0.199. The first-order chi connectivity index (χ1) is 5.88. The molecular weight excluding hydrogens is 152 g/mol. The van der Waals surface area contributed by atoms with Crippen molar-refractivity contribution in [3.05, 3.63) is 24.0 Å². The maximum absolute atomic E-state index is 8.61. The van der Waals surface area contributed by atoms with Crippen LogP contribution in [0, 0.1) is 11.3 Å². The van der Waals surface area contributed by atoms with Crippen LogP contribution in [0.15, 0.2) is 18.3 Å². The topological polar surface area (TPSA) is 49.0 Å². The third-order valence-corrected chi connectivity index (χ3v) is 1.74. The zero-order valence-electron chi connectivity index (χ0n) is 6.90. The van der Waals surface area contributed by atoms with Crippen LogP contribution in [0.1, 0.15) is 12.1 Å². The van der Waals surface area contributed by atoms with Crippen LogP contribution in [0.2, 0.25) is 0 Å². The Kier molecular flexibility index (Phi) is 3.36. The Balaban J connectivity index is 2.58. The van der Waals surface area contributed by atoms with E-state index in [4.69, 9.17) is 10.4 Å². The number of nitrogens with zero attached hydrogens (tertiary/aromatic N) is 2. The van der Waals surface area contributed by atoms with Crippen LogP contribution in [-0.2, 0) is 13.0 Å². The lowest BCUT2D eigenvalue weighted by atomic mass is 10.3. The Labute approximate surface area is 71.9 Å². The number of nitriles is 1. The quantitative estimate of drug-likeness (QED) is 0.719. The molecule has 0 atom stereocenters. The average molecular weight is 164 g/mol. The van der Waals surface area contributed by atoms with E-state index >= 15 is 0 Å². The molecule has 1 aromatic heterocycles.